The number of nitrogens with zero attached hydrogens (tertiary/aromatic N) is 3. The van der Waals surface area contributed by atoms with Gasteiger partial charge < -0.3 is 8.83 Å². The molecule has 0 bridgehead atoms. The molecule has 5 nitrogen and oxygen atoms in total. The number of furan rings is 2. The molecule has 5 heteroatoms. The molecule has 0 spiro atoms. The van der Waals surface area contributed by atoms with Crippen LogP contribution in [-0.4, -0.2) is 14.5 Å². The summed E-state index contributed by atoms with van der Waals surface area (Å²) in [6.07, 6.45) is 0. The Morgan fingerprint density at radius 3 is 1.98 bits per heavy atom. The van der Waals surface area contributed by atoms with Gasteiger partial charge in [-0.15, -0.1) is 0 Å². The first-order chi connectivity index (χ1) is 23.3. The molecule has 7 aromatic carbocycles. The van der Waals surface area contributed by atoms with Crippen molar-refractivity contribution in [1.29, 1.82) is 0 Å². The average molecular weight is 602 g/mol. The first kappa shape index (κ1) is 24.8. The Morgan fingerprint density at radius 1 is 0.447 bits per heavy atom. The van der Waals surface area contributed by atoms with Crippen molar-refractivity contribution in [2.75, 3.05) is 0 Å². The van der Waals surface area contributed by atoms with E-state index in [1.165, 1.54) is 21.5 Å². The molecule has 47 heavy (non-hydrogen) atoms. The molecule has 4 heterocycles. The number of hydrogen-bond acceptors (Lipinski definition) is 4. The van der Waals surface area contributed by atoms with Gasteiger partial charge in [0.1, 0.15) is 11.2 Å². The fraction of sp³-hybridized carbons (Fsp3) is 0. The van der Waals surface area contributed by atoms with E-state index in [0.29, 0.717) is 5.95 Å². The predicted octanol–water partition coefficient (Wildman–Crippen LogP) is 11.3. The first-order valence-electron chi connectivity index (χ1n) is 15.8. The molecule has 0 aliphatic rings. The molecule has 0 amide bonds. The fourth-order valence-corrected chi connectivity index (χ4v) is 7.58. The second-order valence-electron chi connectivity index (χ2n) is 12.1. The van der Waals surface area contributed by atoms with E-state index in [1.807, 2.05) is 36.4 Å². The van der Waals surface area contributed by atoms with Gasteiger partial charge >= 0.3 is 0 Å². The summed E-state index contributed by atoms with van der Waals surface area (Å²) >= 11 is 0. The third-order valence-electron chi connectivity index (χ3n) is 9.60. The molecular formula is C42H23N3O2. The van der Waals surface area contributed by atoms with E-state index in [4.69, 9.17) is 18.8 Å². The molecule has 11 rings (SSSR count). The lowest BCUT2D eigenvalue weighted by Gasteiger charge is -2.13. The lowest BCUT2D eigenvalue weighted by atomic mass is 9.98. The molecule has 0 unspecified atom stereocenters. The Kier molecular flexibility index (Phi) is 4.78. The number of aromatic nitrogens is 3. The predicted molar refractivity (Wildman–Crippen MR) is 191 cm³/mol. The molecule has 0 radical (unpaired) electrons. The third-order valence-corrected chi connectivity index (χ3v) is 9.60. The molecule has 11 aromatic rings. The maximum atomic E-state index is 6.59. The number of fused-ring (bicyclic) bond motifs is 13. The fourth-order valence-electron chi connectivity index (χ4n) is 7.58. The van der Waals surface area contributed by atoms with E-state index in [-0.39, 0.29) is 0 Å². The Hall–Kier alpha value is -6.46. The van der Waals surface area contributed by atoms with Gasteiger partial charge in [0.25, 0.3) is 0 Å². The van der Waals surface area contributed by atoms with Crippen molar-refractivity contribution in [2.24, 2.45) is 0 Å². The molecular weight excluding hydrogens is 578 g/mol. The molecule has 0 N–H and O–H groups in total. The summed E-state index contributed by atoms with van der Waals surface area (Å²) in [5.74, 6) is 0.623. The van der Waals surface area contributed by atoms with E-state index >= 15 is 0 Å². The Morgan fingerprint density at radius 2 is 1.11 bits per heavy atom. The summed E-state index contributed by atoms with van der Waals surface area (Å²) in [5.41, 5.74) is 7.94. The lowest BCUT2D eigenvalue weighted by Crippen LogP contribution is -2.03. The second-order valence-corrected chi connectivity index (χ2v) is 12.1. The minimum Gasteiger partial charge on any atom is -0.452 e. The summed E-state index contributed by atoms with van der Waals surface area (Å²) < 4.78 is 15.3. The highest BCUT2D eigenvalue weighted by Crippen LogP contribution is 2.45. The van der Waals surface area contributed by atoms with Crippen LogP contribution >= 0.6 is 0 Å². The van der Waals surface area contributed by atoms with Gasteiger partial charge in [0, 0.05) is 43.3 Å². The van der Waals surface area contributed by atoms with E-state index in [9.17, 15) is 0 Å². The van der Waals surface area contributed by atoms with E-state index in [0.717, 1.165) is 77.1 Å². The molecule has 0 atom stereocenters. The van der Waals surface area contributed by atoms with Gasteiger partial charge in [-0.1, -0.05) is 103 Å². The second kappa shape index (κ2) is 9.05. The van der Waals surface area contributed by atoms with Gasteiger partial charge in [0.2, 0.25) is 5.95 Å². The monoisotopic (exact) mass is 601 g/mol. The minimum absolute atomic E-state index is 0.623. The SMILES string of the molecule is c1ccc2c(c1)ccc1c2c2ccccc2n1-c1nc(-c2cc3c4ccccc4oc3c3oc4ccccc4c23)c2ccccc2n1. The van der Waals surface area contributed by atoms with E-state index in [2.05, 4.69) is 108 Å². The van der Waals surface area contributed by atoms with Gasteiger partial charge in [-0.3, -0.25) is 4.57 Å². The summed E-state index contributed by atoms with van der Waals surface area (Å²) in [6.45, 7) is 0. The van der Waals surface area contributed by atoms with Gasteiger partial charge in [-0.25, -0.2) is 9.97 Å². The molecule has 0 aliphatic carbocycles. The van der Waals surface area contributed by atoms with Gasteiger partial charge in [0.15, 0.2) is 11.2 Å². The highest BCUT2D eigenvalue weighted by Gasteiger charge is 2.24. The molecule has 0 saturated heterocycles. The number of benzene rings is 7. The topological polar surface area (TPSA) is 57.0 Å². The van der Waals surface area contributed by atoms with Crippen LogP contribution < -0.4 is 0 Å². The maximum absolute atomic E-state index is 6.59. The number of para-hydroxylation sites is 4. The Labute approximate surface area is 266 Å². The van der Waals surface area contributed by atoms with Crippen molar-refractivity contribution >= 4 is 87.4 Å². The molecule has 0 saturated carbocycles. The smallest absolute Gasteiger partial charge is 0.235 e. The minimum atomic E-state index is 0.623. The van der Waals surface area contributed by atoms with Gasteiger partial charge in [0.05, 0.1) is 22.2 Å². The van der Waals surface area contributed by atoms with Crippen molar-refractivity contribution < 1.29 is 8.83 Å². The van der Waals surface area contributed by atoms with Crippen LogP contribution in [0.4, 0.5) is 0 Å². The van der Waals surface area contributed by atoms with Crippen LogP contribution in [-0.2, 0) is 0 Å². The molecule has 0 aliphatic heterocycles. The number of rotatable bonds is 2. The van der Waals surface area contributed by atoms with Crippen LogP contribution in [0.15, 0.2) is 148 Å². The maximum Gasteiger partial charge on any atom is 0.235 e. The average Bonchev–Trinajstić information content (AvgIpc) is 3.81. The zero-order valence-corrected chi connectivity index (χ0v) is 24.9. The molecule has 4 aromatic heterocycles. The van der Waals surface area contributed by atoms with Crippen LogP contribution in [0.5, 0.6) is 0 Å². The third kappa shape index (κ3) is 3.32. The van der Waals surface area contributed by atoms with Crippen molar-refractivity contribution in [1.82, 2.24) is 14.5 Å². The zero-order valence-electron chi connectivity index (χ0n) is 24.9. The van der Waals surface area contributed by atoms with Crippen LogP contribution in [0.1, 0.15) is 0 Å². The Balaban J connectivity index is 1.32. The molecule has 0 fully saturated rings. The van der Waals surface area contributed by atoms with Crippen molar-refractivity contribution in [3.63, 3.8) is 0 Å². The van der Waals surface area contributed by atoms with Gasteiger partial charge in [-0.2, -0.15) is 0 Å². The van der Waals surface area contributed by atoms with Crippen LogP contribution in [0.25, 0.3) is 105 Å². The normalized spacial score (nSPS) is 12.3. The lowest BCUT2D eigenvalue weighted by molar-refractivity contribution is 0.633. The largest absolute Gasteiger partial charge is 0.452 e. The zero-order chi connectivity index (χ0) is 30.6. The summed E-state index contributed by atoms with van der Waals surface area (Å²) in [4.78, 5) is 10.7. The highest BCUT2D eigenvalue weighted by atomic mass is 16.4. The summed E-state index contributed by atoms with van der Waals surface area (Å²) in [5, 5.41) is 9.80. The van der Waals surface area contributed by atoms with Crippen molar-refractivity contribution in [3.8, 4) is 17.2 Å². The van der Waals surface area contributed by atoms with Crippen molar-refractivity contribution in [2.45, 2.75) is 0 Å². The summed E-state index contributed by atoms with van der Waals surface area (Å²) in [6, 6.07) is 48.3. The van der Waals surface area contributed by atoms with Gasteiger partial charge in [-0.05, 0) is 47.2 Å². The van der Waals surface area contributed by atoms with Crippen LogP contribution in [0.2, 0.25) is 0 Å². The van der Waals surface area contributed by atoms with Crippen LogP contribution in [0.3, 0.4) is 0 Å². The van der Waals surface area contributed by atoms with E-state index in [1.54, 1.807) is 0 Å². The van der Waals surface area contributed by atoms with Crippen LogP contribution in [0, 0.1) is 0 Å². The van der Waals surface area contributed by atoms with E-state index < -0.39 is 0 Å². The number of hydrogen-bond donors (Lipinski definition) is 0. The highest BCUT2D eigenvalue weighted by molar-refractivity contribution is 6.25. The van der Waals surface area contributed by atoms with Crippen molar-refractivity contribution in [3.05, 3.63) is 140 Å². The Bertz CT molecular complexity index is 3090. The molecule has 218 valence electrons. The first-order valence-corrected chi connectivity index (χ1v) is 15.8. The summed E-state index contributed by atoms with van der Waals surface area (Å²) in [7, 11) is 0. The quantitative estimate of drug-likeness (QED) is 0.198. The standard InChI is InChI=1S/C42H23N3O2/c1-2-12-25-24(11-1)21-22-34-37(25)28-15-4-8-18-33(28)45(34)42-43-32-17-7-3-14-27(32)39(44-42)31-23-30-26-13-5-9-19-35(26)46-40(30)41-38(31)29-16-6-10-20-36(29)47-41/h1-23H.